The van der Waals surface area contributed by atoms with Gasteiger partial charge in [0, 0.05) is 37.9 Å². The highest BCUT2D eigenvalue weighted by Gasteiger charge is 1.93. The summed E-state index contributed by atoms with van der Waals surface area (Å²) in [7, 11) is 0. The molecule has 15 heavy (non-hydrogen) atoms. The molecular formula is C11H15N4. The topological polar surface area (TPSA) is 35.6 Å². The summed E-state index contributed by atoms with van der Waals surface area (Å²) < 4.78 is 4.18. The van der Waals surface area contributed by atoms with Crippen LogP contribution in [0.25, 0.3) is 0 Å². The molecule has 0 amide bonds. The van der Waals surface area contributed by atoms with Crippen LogP contribution in [0.15, 0.2) is 37.4 Å². The van der Waals surface area contributed by atoms with Crippen molar-refractivity contribution in [1.29, 1.82) is 0 Å². The van der Waals surface area contributed by atoms with Gasteiger partial charge < -0.3 is 9.13 Å². The van der Waals surface area contributed by atoms with Gasteiger partial charge in [-0.05, 0) is 19.3 Å². The van der Waals surface area contributed by atoms with E-state index >= 15 is 0 Å². The Hall–Kier alpha value is -1.58. The average Bonchev–Trinajstić information content (AvgIpc) is 2.88. The summed E-state index contributed by atoms with van der Waals surface area (Å²) in [6.07, 6.45) is 15.8. The smallest absolute Gasteiger partial charge is 0.0945 e. The molecule has 0 fully saturated rings. The van der Waals surface area contributed by atoms with Gasteiger partial charge in [0.15, 0.2) is 0 Å². The zero-order valence-electron chi connectivity index (χ0n) is 8.66. The van der Waals surface area contributed by atoms with E-state index in [1.54, 1.807) is 0 Å². The van der Waals surface area contributed by atoms with Crippen LogP contribution in [0, 0.1) is 6.42 Å². The summed E-state index contributed by atoms with van der Waals surface area (Å²) in [6, 6.07) is 0. The Morgan fingerprint density at radius 2 is 1.40 bits per heavy atom. The molecule has 0 bridgehead atoms. The van der Waals surface area contributed by atoms with Gasteiger partial charge >= 0.3 is 0 Å². The van der Waals surface area contributed by atoms with Crippen LogP contribution in [-0.2, 0) is 13.1 Å². The number of hydrogen-bond donors (Lipinski definition) is 0. The minimum Gasteiger partial charge on any atom is -0.337 e. The lowest BCUT2D eigenvalue weighted by molar-refractivity contribution is 0.627. The summed E-state index contributed by atoms with van der Waals surface area (Å²) >= 11 is 0. The standard InChI is InChI=1S/C11H15N4/c1(2-6-14-8-4-12-10-14)3-7-15-9-5-13-11-15/h1,4-5,8-11H,2-3,6-7H2. The maximum Gasteiger partial charge on any atom is 0.0945 e. The molecule has 2 heterocycles. The SMILES string of the molecule is [CH](CCn1ccnc1)CCn1ccnc1. The second-order valence-corrected chi connectivity index (χ2v) is 3.47. The second kappa shape index (κ2) is 5.34. The van der Waals surface area contributed by atoms with Crippen LogP contribution in [0.2, 0.25) is 0 Å². The first-order chi connectivity index (χ1) is 7.45. The quantitative estimate of drug-likeness (QED) is 0.671. The molecule has 0 N–H and O–H groups in total. The predicted molar refractivity (Wildman–Crippen MR) is 58.0 cm³/mol. The van der Waals surface area contributed by atoms with Gasteiger partial charge in [-0.15, -0.1) is 0 Å². The van der Waals surface area contributed by atoms with Gasteiger partial charge in [-0.2, -0.15) is 0 Å². The van der Waals surface area contributed by atoms with Gasteiger partial charge in [0.1, 0.15) is 0 Å². The van der Waals surface area contributed by atoms with E-state index in [0.29, 0.717) is 0 Å². The van der Waals surface area contributed by atoms with Crippen LogP contribution < -0.4 is 0 Å². The van der Waals surface area contributed by atoms with Crippen molar-refractivity contribution in [2.75, 3.05) is 0 Å². The molecule has 0 atom stereocenters. The second-order valence-electron chi connectivity index (χ2n) is 3.47. The Labute approximate surface area is 89.6 Å². The Kier molecular flexibility index (Phi) is 3.54. The highest BCUT2D eigenvalue weighted by Crippen LogP contribution is 2.00. The van der Waals surface area contributed by atoms with E-state index in [2.05, 4.69) is 25.5 Å². The zero-order chi connectivity index (χ0) is 10.3. The molecule has 0 saturated carbocycles. The third kappa shape index (κ3) is 3.23. The van der Waals surface area contributed by atoms with Crippen molar-refractivity contribution in [1.82, 2.24) is 19.1 Å². The number of nitrogens with zero attached hydrogens (tertiary/aromatic N) is 4. The van der Waals surface area contributed by atoms with Gasteiger partial charge in [0.05, 0.1) is 12.7 Å². The molecule has 0 aromatic carbocycles. The van der Waals surface area contributed by atoms with Crippen LogP contribution in [0.3, 0.4) is 0 Å². The fourth-order valence-corrected chi connectivity index (χ4v) is 1.46. The third-order valence-electron chi connectivity index (χ3n) is 2.30. The average molecular weight is 203 g/mol. The molecule has 2 aromatic rings. The molecule has 0 saturated heterocycles. The molecule has 1 radical (unpaired) electrons. The summed E-state index contributed by atoms with van der Waals surface area (Å²) in [5.41, 5.74) is 0. The zero-order valence-corrected chi connectivity index (χ0v) is 8.66. The van der Waals surface area contributed by atoms with E-state index in [9.17, 15) is 0 Å². The Bertz CT molecular complexity index is 314. The molecule has 4 heteroatoms. The van der Waals surface area contributed by atoms with Gasteiger partial charge in [-0.25, -0.2) is 9.97 Å². The lowest BCUT2D eigenvalue weighted by atomic mass is 10.2. The lowest BCUT2D eigenvalue weighted by Gasteiger charge is -2.02. The molecule has 0 aliphatic carbocycles. The summed E-state index contributed by atoms with van der Waals surface area (Å²) in [5.74, 6) is 0. The van der Waals surface area contributed by atoms with Crippen molar-refractivity contribution >= 4 is 0 Å². The molecule has 79 valence electrons. The first-order valence-electron chi connectivity index (χ1n) is 5.18. The lowest BCUT2D eigenvalue weighted by Crippen LogP contribution is -1.98. The van der Waals surface area contributed by atoms with Gasteiger partial charge in [0.25, 0.3) is 0 Å². The van der Waals surface area contributed by atoms with Crippen LogP contribution in [0.1, 0.15) is 12.8 Å². The molecular weight excluding hydrogens is 188 g/mol. The van der Waals surface area contributed by atoms with E-state index in [-0.39, 0.29) is 0 Å². The number of imidazole rings is 2. The first kappa shape index (κ1) is 9.96. The largest absolute Gasteiger partial charge is 0.337 e. The van der Waals surface area contributed by atoms with Gasteiger partial charge in [0.2, 0.25) is 0 Å². The molecule has 2 rings (SSSR count). The van der Waals surface area contributed by atoms with E-state index in [0.717, 1.165) is 25.9 Å². The summed E-state index contributed by atoms with van der Waals surface area (Å²) in [4.78, 5) is 8.00. The Morgan fingerprint density at radius 1 is 0.867 bits per heavy atom. The van der Waals surface area contributed by atoms with Crippen LogP contribution >= 0.6 is 0 Å². The van der Waals surface area contributed by atoms with Crippen molar-refractivity contribution in [3.8, 4) is 0 Å². The van der Waals surface area contributed by atoms with E-state index in [4.69, 9.17) is 0 Å². The Morgan fingerprint density at radius 3 is 1.80 bits per heavy atom. The van der Waals surface area contributed by atoms with Crippen molar-refractivity contribution < 1.29 is 0 Å². The van der Waals surface area contributed by atoms with Crippen LogP contribution in [-0.4, -0.2) is 19.1 Å². The number of hydrogen-bond acceptors (Lipinski definition) is 2. The monoisotopic (exact) mass is 203 g/mol. The van der Waals surface area contributed by atoms with Gasteiger partial charge in [-0.1, -0.05) is 0 Å². The van der Waals surface area contributed by atoms with Crippen molar-refractivity contribution in [2.45, 2.75) is 25.9 Å². The number of aryl methyl sites for hydroxylation is 2. The van der Waals surface area contributed by atoms with E-state index in [1.807, 2.05) is 37.4 Å². The third-order valence-corrected chi connectivity index (χ3v) is 2.30. The normalized spacial score (nSPS) is 10.7. The number of unbranched alkanes of at least 4 members (excludes halogenated alkanes) is 2. The predicted octanol–water partition coefficient (Wildman–Crippen LogP) is 1.76. The summed E-state index contributed by atoms with van der Waals surface area (Å²) in [5, 5.41) is 0. The van der Waals surface area contributed by atoms with Crippen molar-refractivity contribution in [2.24, 2.45) is 0 Å². The summed E-state index contributed by atoms with van der Waals surface area (Å²) in [6.45, 7) is 2.04. The number of rotatable bonds is 6. The maximum atomic E-state index is 4.00. The fourth-order valence-electron chi connectivity index (χ4n) is 1.46. The highest BCUT2D eigenvalue weighted by atomic mass is 15.0. The van der Waals surface area contributed by atoms with Crippen molar-refractivity contribution in [3.05, 3.63) is 43.9 Å². The van der Waals surface area contributed by atoms with E-state index < -0.39 is 0 Å². The van der Waals surface area contributed by atoms with Crippen LogP contribution in [0.4, 0.5) is 0 Å². The molecule has 0 unspecified atom stereocenters. The maximum absolute atomic E-state index is 4.00. The molecule has 4 nitrogen and oxygen atoms in total. The van der Waals surface area contributed by atoms with Crippen LogP contribution in [0.5, 0.6) is 0 Å². The highest BCUT2D eigenvalue weighted by molar-refractivity contribution is 4.78. The number of aromatic nitrogens is 4. The molecule has 0 aliphatic heterocycles. The molecule has 0 spiro atoms. The van der Waals surface area contributed by atoms with E-state index in [1.165, 1.54) is 0 Å². The van der Waals surface area contributed by atoms with Gasteiger partial charge in [-0.3, -0.25) is 0 Å². The molecule has 2 aromatic heterocycles. The molecule has 0 aliphatic rings. The fraction of sp³-hybridized carbons (Fsp3) is 0.364. The minimum atomic E-state index is 1.02. The minimum absolute atomic E-state index is 1.02. The van der Waals surface area contributed by atoms with Crippen molar-refractivity contribution in [3.63, 3.8) is 0 Å². The first-order valence-corrected chi connectivity index (χ1v) is 5.18. The Balaban J connectivity index is 1.56.